The van der Waals surface area contributed by atoms with Crippen LogP contribution in [0.2, 0.25) is 5.28 Å². The van der Waals surface area contributed by atoms with Gasteiger partial charge in [-0.25, -0.2) is 9.37 Å². The Morgan fingerprint density at radius 3 is 2.80 bits per heavy atom. The van der Waals surface area contributed by atoms with Crippen LogP contribution in [-0.2, 0) is 26.0 Å². The number of nitrogens with zero attached hydrogens (tertiary/aromatic N) is 5. The average molecular weight is 502 g/mol. The van der Waals surface area contributed by atoms with Crippen molar-refractivity contribution in [1.29, 1.82) is 0 Å². The van der Waals surface area contributed by atoms with Gasteiger partial charge in [0.15, 0.2) is 29.0 Å². The molecule has 4 aliphatic rings. The fraction of sp³-hybridized carbons (Fsp3) is 0.542. The van der Waals surface area contributed by atoms with E-state index in [1.54, 1.807) is 23.0 Å². The van der Waals surface area contributed by atoms with Crippen LogP contribution in [-0.4, -0.2) is 68.4 Å². The first-order valence-corrected chi connectivity index (χ1v) is 12.2. The number of hydrogen-bond donors (Lipinski definition) is 1. The van der Waals surface area contributed by atoms with Crippen molar-refractivity contribution < 1.29 is 23.7 Å². The maximum absolute atomic E-state index is 14.7. The predicted molar refractivity (Wildman–Crippen MR) is 124 cm³/mol. The van der Waals surface area contributed by atoms with Crippen molar-refractivity contribution in [2.24, 2.45) is 0 Å². The van der Waals surface area contributed by atoms with E-state index in [4.69, 9.17) is 25.8 Å². The number of aromatic nitrogens is 4. The number of aliphatic hydroxyl groups excluding tert-OH is 1. The first-order valence-electron chi connectivity index (χ1n) is 11.8. The molecule has 4 atom stereocenters. The zero-order chi connectivity index (χ0) is 24.1. The molecule has 0 bridgehead atoms. The molecule has 1 N–H and O–H groups in total. The first kappa shape index (κ1) is 21.9. The summed E-state index contributed by atoms with van der Waals surface area (Å²) < 4.78 is 34.7. The van der Waals surface area contributed by atoms with Crippen molar-refractivity contribution >= 4 is 28.6 Å². The van der Waals surface area contributed by atoms with E-state index in [2.05, 4.69) is 19.9 Å². The number of aliphatic hydroxyl groups is 1. The molecule has 3 aliphatic heterocycles. The van der Waals surface area contributed by atoms with Crippen LogP contribution in [0.5, 0.6) is 0 Å². The molecule has 3 saturated heterocycles. The molecular formula is C24H25ClFN5O4. The van der Waals surface area contributed by atoms with Crippen molar-refractivity contribution in [3.63, 3.8) is 0 Å². The molecule has 184 valence electrons. The third-order valence-electron chi connectivity index (χ3n) is 7.74. The Morgan fingerprint density at radius 2 is 2.00 bits per heavy atom. The van der Waals surface area contributed by atoms with Gasteiger partial charge in [0.2, 0.25) is 5.28 Å². The van der Waals surface area contributed by atoms with Crippen LogP contribution in [0.1, 0.15) is 37.6 Å². The molecule has 2 aromatic heterocycles. The second-order valence-electron chi connectivity index (χ2n) is 10.4. The number of imidazole rings is 1. The minimum absolute atomic E-state index is 0.0883. The Morgan fingerprint density at radius 1 is 1.20 bits per heavy atom. The van der Waals surface area contributed by atoms with E-state index in [1.165, 1.54) is 0 Å². The Balaban J connectivity index is 1.23. The van der Waals surface area contributed by atoms with Crippen LogP contribution < -0.4 is 4.90 Å². The molecular weight excluding hydrogens is 477 g/mol. The number of ether oxygens (including phenoxy) is 3. The van der Waals surface area contributed by atoms with Crippen LogP contribution in [0.3, 0.4) is 0 Å². The van der Waals surface area contributed by atoms with Crippen molar-refractivity contribution in [1.82, 2.24) is 19.5 Å². The Hall–Kier alpha value is -2.37. The molecule has 1 spiro atoms. The summed E-state index contributed by atoms with van der Waals surface area (Å²) in [6.07, 6.45) is 1.43. The third-order valence-corrected chi connectivity index (χ3v) is 7.91. The Labute approximate surface area is 205 Å². The normalized spacial score (nSPS) is 30.1. The zero-order valence-electron chi connectivity index (χ0n) is 19.3. The topological polar surface area (TPSA) is 94.8 Å². The summed E-state index contributed by atoms with van der Waals surface area (Å²) in [4.78, 5) is 15.6. The van der Waals surface area contributed by atoms with E-state index >= 15 is 0 Å². The van der Waals surface area contributed by atoms with Gasteiger partial charge in [-0.1, -0.05) is 12.1 Å². The van der Waals surface area contributed by atoms with E-state index in [0.717, 1.165) is 24.0 Å². The van der Waals surface area contributed by atoms with E-state index in [1.807, 2.05) is 19.9 Å². The van der Waals surface area contributed by atoms with Crippen molar-refractivity contribution in [2.75, 3.05) is 24.6 Å². The van der Waals surface area contributed by atoms with E-state index < -0.39 is 30.3 Å². The highest BCUT2D eigenvalue weighted by Crippen LogP contribution is 2.49. The standard InChI is InChI=1S/C24H25ClFN5O4/c1-23(2)34-17-14(8-32)33-21(18(17)35-23)31-11-27-16-19(28-22(25)29-20(16)31)30-9-24(10-30)7-6-12-4-3-5-13(26)15(12)24/h3-5,11,14,17-18,21,32H,6-10H2,1-2H3/t14-,17?,18+,21-/m1/s1. The molecule has 0 radical (unpaired) electrons. The molecule has 5 heterocycles. The highest BCUT2D eigenvalue weighted by atomic mass is 35.5. The number of hydrogen-bond acceptors (Lipinski definition) is 8. The molecule has 1 unspecified atom stereocenters. The number of rotatable bonds is 3. The lowest BCUT2D eigenvalue weighted by Gasteiger charge is -2.49. The van der Waals surface area contributed by atoms with Crippen LogP contribution in [0.15, 0.2) is 24.5 Å². The molecule has 1 aliphatic carbocycles. The second kappa shape index (κ2) is 7.33. The maximum Gasteiger partial charge on any atom is 0.226 e. The number of benzene rings is 1. The number of halogens is 2. The summed E-state index contributed by atoms with van der Waals surface area (Å²) in [7, 11) is 0. The van der Waals surface area contributed by atoms with Gasteiger partial charge in [-0.15, -0.1) is 0 Å². The predicted octanol–water partition coefficient (Wildman–Crippen LogP) is 2.73. The lowest BCUT2D eigenvalue weighted by atomic mass is 9.74. The first-order chi connectivity index (χ1) is 16.8. The molecule has 1 aromatic carbocycles. The van der Waals surface area contributed by atoms with Crippen LogP contribution >= 0.6 is 11.6 Å². The van der Waals surface area contributed by atoms with Crippen molar-refractivity contribution in [3.05, 3.63) is 46.8 Å². The molecule has 0 amide bonds. The summed E-state index contributed by atoms with van der Waals surface area (Å²) in [6.45, 7) is 4.75. The Kier molecular flexibility index (Phi) is 4.58. The van der Waals surface area contributed by atoms with Gasteiger partial charge in [-0.3, -0.25) is 4.57 Å². The molecule has 9 nitrogen and oxygen atoms in total. The van der Waals surface area contributed by atoms with Gasteiger partial charge in [0.25, 0.3) is 0 Å². The van der Waals surface area contributed by atoms with E-state index in [-0.39, 0.29) is 23.1 Å². The van der Waals surface area contributed by atoms with Crippen molar-refractivity contribution in [2.45, 2.75) is 62.4 Å². The lowest BCUT2D eigenvalue weighted by Crippen LogP contribution is -2.59. The van der Waals surface area contributed by atoms with Gasteiger partial charge < -0.3 is 24.2 Å². The largest absolute Gasteiger partial charge is 0.394 e. The lowest BCUT2D eigenvalue weighted by molar-refractivity contribution is -0.199. The minimum atomic E-state index is -0.794. The monoisotopic (exact) mass is 501 g/mol. The molecule has 0 saturated carbocycles. The minimum Gasteiger partial charge on any atom is -0.394 e. The highest BCUT2D eigenvalue weighted by molar-refractivity contribution is 6.28. The molecule has 7 rings (SSSR count). The summed E-state index contributed by atoms with van der Waals surface area (Å²) in [6, 6.07) is 5.34. The van der Waals surface area contributed by atoms with Crippen LogP contribution in [0, 0.1) is 5.82 Å². The molecule has 35 heavy (non-hydrogen) atoms. The van der Waals surface area contributed by atoms with Gasteiger partial charge >= 0.3 is 0 Å². The SMILES string of the molecule is CC1(C)OC2[C@@H](CO)O[C@@H](n3cnc4c(N5CC6(CCc7cccc(F)c76)C5)nc(Cl)nc43)[C@H]2O1. The maximum atomic E-state index is 14.7. The van der Waals surface area contributed by atoms with Gasteiger partial charge in [0.1, 0.15) is 24.1 Å². The number of aryl methyl sites for hydroxylation is 1. The van der Waals surface area contributed by atoms with Crippen LogP contribution in [0.25, 0.3) is 11.2 Å². The quantitative estimate of drug-likeness (QED) is 0.547. The van der Waals surface area contributed by atoms with Crippen molar-refractivity contribution in [3.8, 4) is 0 Å². The van der Waals surface area contributed by atoms with E-state index in [9.17, 15) is 9.50 Å². The highest BCUT2D eigenvalue weighted by Gasteiger charge is 2.56. The smallest absolute Gasteiger partial charge is 0.226 e. The van der Waals surface area contributed by atoms with E-state index in [0.29, 0.717) is 30.1 Å². The molecule has 3 aromatic rings. The van der Waals surface area contributed by atoms with Gasteiger partial charge in [0.05, 0.1) is 12.9 Å². The second-order valence-corrected chi connectivity index (χ2v) is 10.7. The van der Waals surface area contributed by atoms with Gasteiger partial charge in [-0.05, 0) is 49.9 Å². The Bertz CT molecular complexity index is 1340. The van der Waals surface area contributed by atoms with Crippen LogP contribution in [0.4, 0.5) is 10.2 Å². The fourth-order valence-electron chi connectivity index (χ4n) is 6.33. The zero-order valence-corrected chi connectivity index (χ0v) is 20.1. The molecule has 3 fully saturated rings. The number of fused-ring (bicyclic) bond motifs is 4. The molecule has 11 heteroatoms. The number of anilines is 1. The van der Waals surface area contributed by atoms with Gasteiger partial charge in [0, 0.05) is 24.1 Å². The fourth-order valence-corrected chi connectivity index (χ4v) is 6.49. The summed E-state index contributed by atoms with van der Waals surface area (Å²) in [5, 5.41) is 9.93. The summed E-state index contributed by atoms with van der Waals surface area (Å²) in [5.41, 5.74) is 2.80. The third kappa shape index (κ3) is 3.10. The average Bonchev–Trinajstić information content (AvgIpc) is 3.52. The summed E-state index contributed by atoms with van der Waals surface area (Å²) in [5.74, 6) is -0.313. The summed E-state index contributed by atoms with van der Waals surface area (Å²) >= 11 is 6.37. The van der Waals surface area contributed by atoms with Gasteiger partial charge in [-0.2, -0.15) is 9.97 Å².